The molecule has 25 heavy (non-hydrogen) atoms. The topological polar surface area (TPSA) is 71.5 Å². The van der Waals surface area contributed by atoms with E-state index in [1.165, 1.54) is 0 Å². The van der Waals surface area contributed by atoms with Crippen molar-refractivity contribution in [1.82, 2.24) is 4.90 Å². The van der Waals surface area contributed by atoms with E-state index in [1.807, 2.05) is 30.3 Å². The maximum atomic E-state index is 12.2. The highest BCUT2D eigenvalue weighted by Gasteiger charge is 2.35. The lowest BCUT2D eigenvalue weighted by atomic mass is 10.1. The summed E-state index contributed by atoms with van der Waals surface area (Å²) in [6, 6.07) is 16.2. The van der Waals surface area contributed by atoms with E-state index in [0.29, 0.717) is 24.0 Å². The van der Waals surface area contributed by atoms with Crippen LogP contribution in [0, 0.1) is 0 Å². The summed E-state index contributed by atoms with van der Waals surface area (Å²) in [6.07, 6.45) is 1.21. The van der Waals surface area contributed by atoms with Crippen molar-refractivity contribution >= 4 is 21.7 Å². The third-order valence-electron chi connectivity index (χ3n) is 4.27. The minimum atomic E-state index is -3.32. The third-order valence-corrected chi connectivity index (χ3v) is 5.98. The van der Waals surface area contributed by atoms with Gasteiger partial charge in [-0.15, -0.1) is 0 Å². The molecule has 1 heterocycles. The fourth-order valence-corrected chi connectivity index (χ4v) is 4.16. The zero-order chi connectivity index (χ0) is 17.9. The summed E-state index contributed by atoms with van der Waals surface area (Å²) in [7, 11) is -3.32. The highest BCUT2D eigenvalue weighted by Crippen LogP contribution is 2.22. The summed E-state index contributed by atoms with van der Waals surface area (Å²) in [5.41, 5.74) is 1.78. The van der Waals surface area contributed by atoms with Gasteiger partial charge in [-0.2, -0.15) is 0 Å². The first-order valence-corrected chi connectivity index (χ1v) is 10.00. The lowest BCUT2D eigenvalue weighted by Gasteiger charge is -2.13. The van der Waals surface area contributed by atoms with E-state index >= 15 is 0 Å². The van der Waals surface area contributed by atoms with Crippen LogP contribution in [-0.4, -0.2) is 43.2 Å². The summed E-state index contributed by atoms with van der Waals surface area (Å²) < 4.78 is 24.4. The Labute approximate surface area is 147 Å². The molecule has 0 atom stereocenters. The normalized spacial score (nSPS) is 14.0. The van der Waals surface area contributed by atoms with Gasteiger partial charge in [-0.3, -0.25) is 14.5 Å². The number of hydrogen-bond donors (Lipinski definition) is 0. The zero-order valence-corrected chi connectivity index (χ0v) is 14.5. The molecule has 0 saturated heterocycles. The molecule has 1 aliphatic heterocycles. The number of hydrogen-bond acceptors (Lipinski definition) is 4. The average molecular weight is 357 g/mol. The second-order valence-corrected chi connectivity index (χ2v) is 8.35. The van der Waals surface area contributed by atoms with E-state index in [-0.39, 0.29) is 18.1 Å². The van der Waals surface area contributed by atoms with Gasteiger partial charge in [0.15, 0.2) is 9.84 Å². The number of fused-ring (bicyclic) bond motifs is 1. The molecule has 0 saturated carbocycles. The summed E-state index contributed by atoms with van der Waals surface area (Å²) in [4.78, 5) is 25.5. The molecule has 0 fully saturated rings. The molecule has 2 aromatic rings. The SMILES string of the molecule is O=C1c2ccccc2C(=O)N1CCS(=O)(=O)CCCc1ccccc1. The van der Waals surface area contributed by atoms with Gasteiger partial charge in [0.05, 0.1) is 22.6 Å². The van der Waals surface area contributed by atoms with Gasteiger partial charge >= 0.3 is 0 Å². The molecule has 0 N–H and O–H groups in total. The van der Waals surface area contributed by atoms with Crippen LogP contribution in [0.3, 0.4) is 0 Å². The highest BCUT2D eigenvalue weighted by molar-refractivity contribution is 7.91. The fourth-order valence-electron chi connectivity index (χ4n) is 2.92. The van der Waals surface area contributed by atoms with Crippen LogP contribution in [0.1, 0.15) is 32.7 Å². The van der Waals surface area contributed by atoms with Crippen LogP contribution in [0.15, 0.2) is 54.6 Å². The number of benzene rings is 2. The largest absolute Gasteiger partial charge is 0.273 e. The third kappa shape index (κ3) is 3.96. The number of nitrogens with zero attached hydrogens (tertiary/aromatic N) is 1. The Kier molecular flexibility index (Phi) is 4.99. The number of sulfone groups is 1. The fraction of sp³-hybridized carbons (Fsp3) is 0.263. The Morgan fingerprint density at radius 2 is 1.32 bits per heavy atom. The van der Waals surface area contributed by atoms with E-state index in [9.17, 15) is 18.0 Å². The lowest BCUT2D eigenvalue weighted by molar-refractivity contribution is 0.0664. The molecule has 3 rings (SSSR count). The smallest absolute Gasteiger partial charge is 0.261 e. The Morgan fingerprint density at radius 3 is 1.92 bits per heavy atom. The summed E-state index contributed by atoms with van der Waals surface area (Å²) in [5.74, 6) is -0.988. The van der Waals surface area contributed by atoms with E-state index in [4.69, 9.17) is 0 Å². The number of carbonyl (C=O) groups is 2. The monoisotopic (exact) mass is 357 g/mol. The number of aryl methyl sites for hydroxylation is 1. The van der Waals surface area contributed by atoms with E-state index < -0.39 is 21.7 Å². The van der Waals surface area contributed by atoms with Crippen molar-refractivity contribution in [2.75, 3.05) is 18.1 Å². The molecular weight excluding hydrogens is 338 g/mol. The second kappa shape index (κ2) is 7.19. The van der Waals surface area contributed by atoms with Crippen molar-refractivity contribution in [3.63, 3.8) is 0 Å². The van der Waals surface area contributed by atoms with Crippen LogP contribution in [-0.2, 0) is 16.3 Å². The van der Waals surface area contributed by atoms with Crippen LogP contribution >= 0.6 is 0 Å². The van der Waals surface area contributed by atoms with E-state index in [2.05, 4.69) is 0 Å². The van der Waals surface area contributed by atoms with Crippen LogP contribution in [0.4, 0.5) is 0 Å². The number of carbonyl (C=O) groups excluding carboxylic acids is 2. The Bertz CT molecular complexity index is 856. The van der Waals surface area contributed by atoms with Crippen molar-refractivity contribution in [1.29, 1.82) is 0 Å². The molecule has 0 aliphatic carbocycles. The predicted molar refractivity (Wildman–Crippen MR) is 95.2 cm³/mol. The van der Waals surface area contributed by atoms with Crippen LogP contribution in [0.25, 0.3) is 0 Å². The molecule has 130 valence electrons. The minimum Gasteiger partial charge on any atom is -0.273 e. The van der Waals surface area contributed by atoms with Crippen molar-refractivity contribution in [3.05, 3.63) is 71.3 Å². The number of imide groups is 1. The Hall–Kier alpha value is -2.47. The van der Waals surface area contributed by atoms with Crippen molar-refractivity contribution in [3.8, 4) is 0 Å². The maximum absolute atomic E-state index is 12.2. The first kappa shape index (κ1) is 17.4. The number of amides is 2. The van der Waals surface area contributed by atoms with Gasteiger partial charge in [0.2, 0.25) is 0 Å². The van der Waals surface area contributed by atoms with Crippen molar-refractivity contribution in [2.24, 2.45) is 0 Å². The quantitative estimate of drug-likeness (QED) is 0.713. The standard InChI is InChI=1S/C19H19NO4S/c21-18-16-10-4-5-11-17(16)19(22)20(18)12-14-25(23,24)13-6-9-15-7-2-1-3-8-15/h1-5,7-8,10-11H,6,9,12-14H2. The Balaban J connectivity index is 1.54. The van der Waals surface area contributed by atoms with Crippen LogP contribution < -0.4 is 0 Å². The second-order valence-electron chi connectivity index (χ2n) is 6.05. The first-order valence-electron chi connectivity index (χ1n) is 8.17. The molecule has 5 nitrogen and oxygen atoms in total. The van der Waals surface area contributed by atoms with Gasteiger partial charge in [0, 0.05) is 6.54 Å². The molecule has 0 unspecified atom stereocenters. The van der Waals surface area contributed by atoms with E-state index in [1.54, 1.807) is 24.3 Å². The molecular formula is C19H19NO4S. The van der Waals surface area contributed by atoms with Gasteiger partial charge in [0.25, 0.3) is 11.8 Å². The summed E-state index contributed by atoms with van der Waals surface area (Å²) in [6.45, 7) is -0.0972. The van der Waals surface area contributed by atoms with Crippen LogP contribution in [0.2, 0.25) is 0 Å². The zero-order valence-electron chi connectivity index (χ0n) is 13.7. The maximum Gasteiger partial charge on any atom is 0.261 e. The molecule has 0 aromatic heterocycles. The van der Waals surface area contributed by atoms with Gasteiger partial charge in [-0.25, -0.2) is 8.42 Å². The number of rotatable bonds is 7. The summed E-state index contributed by atoms with van der Waals surface area (Å²) >= 11 is 0. The molecule has 0 spiro atoms. The van der Waals surface area contributed by atoms with Crippen molar-refractivity contribution in [2.45, 2.75) is 12.8 Å². The predicted octanol–water partition coefficient (Wildman–Crippen LogP) is 2.33. The molecule has 2 amide bonds. The first-order chi connectivity index (χ1) is 12.0. The van der Waals surface area contributed by atoms with Gasteiger partial charge < -0.3 is 0 Å². The molecule has 0 radical (unpaired) electrons. The van der Waals surface area contributed by atoms with Gasteiger partial charge in [0.1, 0.15) is 0 Å². The molecule has 2 aromatic carbocycles. The van der Waals surface area contributed by atoms with Gasteiger partial charge in [-0.05, 0) is 30.5 Å². The average Bonchev–Trinajstić information content (AvgIpc) is 2.85. The summed E-state index contributed by atoms with van der Waals surface area (Å²) in [5, 5.41) is 0. The lowest BCUT2D eigenvalue weighted by Crippen LogP contribution is -2.34. The van der Waals surface area contributed by atoms with Crippen LogP contribution in [0.5, 0.6) is 0 Å². The Morgan fingerprint density at radius 1 is 0.760 bits per heavy atom. The molecule has 0 bridgehead atoms. The highest BCUT2D eigenvalue weighted by atomic mass is 32.2. The van der Waals surface area contributed by atoms with Crippen molar-refractivity contribution < 1.29 is 18.0 Å². The van der Waals surface area contributed by atoms with E-state index in [0.717, 1.165) is 10.5 Å². The molecule has 6 heteroatoms. The van der Waals surface area contributed by atoms with Gasteiger partial charge in [-0.1, -0.05) is 42.5 Å². The minimum absolute atomic E-state index is 0.0467. The molecule has 1 aliphatic rings.